The Morgan fingerprint density at radius 3 is 1.86 bits per heavy atom. The molecular formula is C13H21N. The van der Waals surface area contributed by atoms with Crippen LogP contribution in [0.15, 0.2) is 30.3 Å². The van der Waals surface area contributed by atoms with Gasteiger partial charge < -0.3 is 4.90 Å². The van der Waals surface area contributed by atoms with Crippen LogP contribution in [0, 0.1) is 5.41 Å². The van der Waals surface area contributed by atoms with Gasteiger partial charge in [-0.05, 0) is 25.1 Å². The average molecular weight is 191 g/mol. The van der Waals surface area contributed by atoms with Crippen LogP contribution in [0.5, 0.6) is 0 Å². The predicted octanol–water partition coefficient (Wildman–Crippen LogP) is 3.34. The maximum Gasteiger partial charge on any atom is 0.0390 e. The molecule has 0 saturated carbocycles. The summed E-state index contributed by atoms with van der Waals surface area (Å²) in [6.45, 7) is 6.85. The highest BCUT2D eigenvalue weighted by Gasteiger charge is 2.27. The molecule has 0 heterocycles. The van der Waals surface area contributed by atoms with Crippen molar-refractivity contribution in [2.45, 2.75) is 26.8 Å². The summed E-state index contributed by atoms with van der Waals surface area (Å²) in [6.07, 6.45) is 0. The third kappa shape index (κ3) is 2.58. The molecule has 0 unspecified atom stereocenters. The standard InChI is InChI=1S/C13H21N/c1-13(2,3)12(14(4)5)11-9-7-6-8-10-11/h6-10,12H,1-5H3/t12-/m1/s1. The molecule has 0 radical (unpaired) electrons. The molecule has 0 spiro atoms. The summed E-state index contributed by atoms with van der Waals surface area (Å²) in [4.78, 5) is 2.29. The van der Waals surface area contributed by atoms with Crippen LogP contribution in [0.1, 0.15) is 32.4 Å². The first kappa shape index (κ1) is 11.3. The minimum absolute atomic E-state index is 0.269. The Hall–Kier alpha value is -0.820. The summed E-state index contributed by atoms with van der Waals surface area (Å²) >= 11 is 0. The number of nitrogens with zero attached hydrogens (tertiary/aromatic N) is 1. The van der Waals surface area contributed by atoms with Crippen molar-refractivity contribution < 1.29 is 0 Å². The lowest BCUT2D eigenvalue weighted by Gasteiger charge is -2.36. The van der Waals surface area contributed by atoms with Gasteiger partial charge in [0.2, 0.25) is 0 Å². The van der Waals surface area contributed by atoms with Gasteiger partial charge in [-0.1, -0.05) is 51.1 Å². The Morgan fingerprint density at radius 2 is 1.50 bits per heavy atom. The monoisotopic (exact) mass is 191 g/mol. The van der Waals surface area contributed by atoms with E-state index in [2.05, 4.69) is 70.1 Å². The second-order valence-corrected chi connectivity index (χ2v) is 5.14. The molecule has 1 rings (SSSR count). The summed E-state index contributed by atoms with van der Waals surface area (Å²) in [5, 5.41) is 0. The topological polar surface area (TPSA) is 3.24 Å². The molecule has 1 nitrogen and oxygen atoms in total. The first-order chi connectivity index (χ1) is 6.43. The second-order valence-electron chi connectivity index (χ2n) is 5.14. The minimum Gasteiger partial charge on any atom is -0.302 e. The Bertz CT molecular complexity index is 269. The highest BCUT2D eigenvalue weighted by Crippen LogP contribution is 2.36. The highest BCUT2D eigenvalue weighted by atomic mass is 15.1. The molecule has 0 amide bonds. The van der Waals surface area contributed by atoms with Crippen LogP contribution < -0.4 is 0 Å². The van der Waals surface area contributed by atoms with E-state index in [1.807, 2.05) is 0 Å². The van der Waals surface area contributed by atoms with Crippen molar-refractivity contribution >= 4 is 0 Å². The normalized spacial score (nSPS) is 14.4. The summed E-state index contributed by atoms with van der Waals surface area (Å²) in [7, 11) is 4.28. The molecule has 78 valence electrons. The fraction of sp³-hybridized carbons (Fsp3) is 0.538. The van der Waals surface area contributed by atoms with Crippen molar-refractivity contribution in [1.82, 2.24) is 4.90 Å². The van der Waals surface area contributed by atoms with Gasteiger partial charge in [-0.2, -0.15) is 0 Å². The van der Waals surface area contributed by atoms with Gasteiger partial charge in [-0.25, -0.2) is 0 Å². The van der Waals surface area contributed by atoms with Crippen molar-refractivity contribution in [1.29, 1.82) is 0 Å². The molecule has 1 atom stereocenters. The van der Waals surface area contributed by atoms with Crippen LogP contribution in [0.2, 0.25) is 0 Å². The van der Waals surface area contributed by atoms with Gasteiger partial charge >= 0.3 is 0 Å². The molecule has 0 aliphatic rings. The first-order valence-corrected chi connectivity index (χ1v) is 5.14. The van der Waals surface area contributed by atoms with Crippen molar-refractivity contribution in [3.05, 3.63) is 35.9 Å². The first-order valence-electron chi connectivity index (χ1n) is 5.14. The van der Waals surface area contributed by atoms with E-state index in [1.165, 1.54) is 5.56 Å². The molecule has 0 bridgehead atoms. The zero-order chi connectivity index (χ0) is 10.8. The Kier molecular flexibility index (Phi) is 3.33. The van der Waals surface area contributed by atoms with E-state index >= 15 is 0 Å². The van der Waals surface area contributed by atoms with E-state index in [0.717, 1.165) is 0 Å². The molecule has 0 saturated heterocycles. The summed E-state index contributed by atoms with van der Waals surface area (Å²) in [5.74, 6) is 0. The number of hydrogen-bond acceptors (Lipinski definition) is 1. The third-order valence-corrected chi connectivity index (χ3v) is 2.45. The third-order valence-electron chi connectivity index (χ3n) is 2.45. The number of hydrogen-bond donors (Lipinski definition) is 0. The highest BCUT2D eigenvalue weighted by molar-refractivity contribution is 5.20. The molecule has 1 aromatic carbocycles. The lowest BCUT2D eigenvalue weighted by Crippen LogP contribution is -2.31. The number of benzene rings is 1. The van der Waals surface area contributed by atoms with E-state index in [4.69, 9.17) is 0 Å². The number of rotatable bonds is 2. The quantitative estimate of drug-likeness (QED) is 0.693. The molecule has 14 heavy (non-hydrogen) atoms. The fourth-order valence-corrected chi connectivity index (χ4v) is 2.21. The second kappa shape index (κ2) is 4.14. The van der Waals surface area contributed by atoms with E-state index < -0.39 is 0 Å². The van der Waals surface area contributed by atoms with Crippen molar-refractivity contribution in [3.63, 3.8) is 0 Å². The molecule has 1 aromatic rings. The SMILES string of the molecule is CN(C)[C@H](c1ccccc1)C(C)(C)C. The lowest BCUT2D eigenvalue weighted by molar-refractivity contribution is 0.154. The zero-order valence-corrected chi connectivity index (χ0v) is 9.91. The minimum atomic E-state index is 0.269. The molecule has 0 aromatic heterocycles. The summed E-state index contributed by atoms with van der Waals surface area (Å²) in [6, 6.07) is 11.2. The van der Waals surface area contributed by atoms with Gasteiger partial charge in [0, 0.05) is 6.04 Å². The maximum atomic E-state index is 2.29. The molecular weight excluding hydrogens is 170 g/mol. The van der Waals surface area contributed by atoms with Gasteiger partial charge in [-0.3, -0.25) is 0 Å². The van der Waals surface area contributed by atoms with Gasteiger partial charge in [0.15, 0.2) is 0 Å². The van der Waals surface area contributed by atoms with E-state index in [1.54, 1.807) is 0 Å². The van der Waals surface area contributed by atoms with E-state index in [-0.39, 0.29) is 5.41 Å². The van der Waals surface area contributed by atoms with Crippen LogP contribution in [0.3, 0.4) is 0 Å². The molecule has 1 heteroatoms. The Balaban J connectivity index is 3.02. The van der Waals surface area contributed by atoms with Gasteiger partial charge in [0.05, 0.1) is 0 Å². The smallest absolute Gasteiger partial charge is 0.0390 e. The maximum absolute atomic E-state index is 2.29. The van der Waals surface area contributed by atoms with Gasteiger partial charge in [-0.15, -0.1) is 0 Å². The molecule has 0 N–H and O–H groups in total. The van der Waals surface area contributed by atoms with Crippen molar-refractivity contribution in [2.75, 3.05) is 14.1 Å². The largest absolute Gasteiger partial charge is 0.302 e. The summed E-state index contributed by atoms with van der Waals surface area (Å²) in [5.41, 5.74) is 1.66. The van der Waals surface area contributed by atoms with E-state index in [0.29, 0.717) is 6.04 Å². The van der Waals surface area contributed by atoms with Crippen LogP contribution in [-0.4, -0.2) is 19.0 Å². The van der Waals surface area contributed by atoms with Gasteiger partial charge in [0.25, 0.3) is 0 Å². The van der Waals surface area contributed by atoms with Crippen LogP contribution >= 0.6 is 0 Å². The van der Waals surface area contributed by atoms with Crippen molar-refractivity contribution in [2.24, 2.45) is 5.41 Å². The average Bonchev–Trinajstić information content (AvgIpc) is 2.02. The Morgan fingerprint density at radius 1 is 1.00 bits per heavy atom. The zero-order valence-electron chi connectivity index (χ0n) is 9.91. The Labute approximate surface area is 87.7 Å². The molecule has 0 aliphatic carbocycles. The van der Waals surface area contributed by atoms with Crippen LogP contribution in [0.4, 0.5) is 0 Å². The lowest BCUT2D eigenvalue weighted by atomic mass is 9.82. The summed E-state index contributed by atoms with van der Waals surface area (Å²) < 4.78 is 0. The fourth-order valence-electron chi connectivity index (χ4n) is 2.21. The van der Waals surface area contributed by atoms with E-state index in [9.17, 15) is 0 Å². The predicted molar refractivity (Wildman–Crippen MR) is 62.3 cm³/mol. The van der Waals surface area contributed by atoms with Gasteiger partial charge in [0.1, 0.15) is 0 Å². The van der Waals surface area contributed by atoms with Crippen LogP contribution in [0.25, 0.3) is 0 Å². The molecule has 0 aliphatic heterocycles. The van der Waals surface area contributed by atoms with Crippen LogP contribution in [-0.2, 0) is 0 Å². The van der Waals surface area contributed by atoms with Crippen molar-refractivity contribution in [3.8, 4) is 0 Å². The molecule has 0 fully saturated rings.